The molecule has 0 aromatic heterocycles. The lowest BCUT2D eigenvalue weighted by molar-refractivity contribution is 0.368. The van der Waals surface area contributed by atoms with E-state index in [-0.39, 0.29) is 11.5 Å². The zero-order chi connectivity index (χ0) is 11.6. The van der Waals surface area contributed by atoms with Gasteiger partial charge in [-0.15, -0.1) is 0 Å². The molecule has 0 aliphatic carbocycles. The topological polar surface area (TPSA) is 55.5 Å². The van der Waals surface area contributed by atoms with Crippen LogP contribution in [0, 0.1) is 5.82 Å². The van der Waals surface area contributed by atoms with Crippen molar-refractivity contribution in [2.75, 3.05) is 7.11 Å². The maximum absolute atomic E-state index is 13.4. The highest BCUT2D eigenvalue weighted by Crippen LogP contribution is 2.29. The van der Waals surface area contributed by atoms with Gasteiger partial charge in [-0.05, 0) is 31.9 Å². The third kappa shape index (κ3) is 3.09. The Kier molecular flexibility index (Phi) is 3.19. The number of hydrogen-bond donors (Lipinski definition) is 2. The Bertz CT molecular complexity index is 358. The SMILES string of the molecule is COc1cc(CC(C)(C)N)c(F)cc1O. The van der Waals surface area contributed by atoms with Crippen LogP contribution in [0.4, 0.5) is 4.39 Å². The fraction of sp³-hybridized carbons (Fsp3) is 0.455. The molecule has 1 aromatic rings. The van der Waals surface area contributed by atoms with E-state index < -0.39 is 11.4 Å². The van der Waals surface area contributed by atoms with E-state index in [1.54, 1.807) is 0 Å². The molecule has 0 saturated heterocycles. The molecule has 0 heterocycles. The van der Waals surface area contributed by atoms with Crippen LogP contribution in [-0.4, -0.2) is 17.8 Å². The van der Waals surface area contributed by atoms with E-state index in [4.69, 9.17) is 10.5 Å². The predicted octanol–water partition coefficient (Wildman–Crippen LogP) is 1.82. The highest BCUT2D eigenvalue weighted by atomic mass is 19.1. The molecule has 0 amide bonds. The van der Waals surface area contributed by atoms with E-state index in [9.17, 15) is 9.50 Å². The molecule has 3 N–H and O–H groups in total. The number of ether oxygens (including phenoxy) is 1. The average molecular weight is 213 g/mol. The van der Waals surface area contributed by atoms with Gasteiger partial charge < -0.3 is 15.6 Å². The molecule has 0 aliphatic rings. The molecule has 0 spiro atoms. The number of aromatic hydroxyl groups is 1. The second kappa shape index (κ2) is 4.06. The van der Waals surface area contributed by atoms with Crippen molar-refractivity contribution >= 4 is 0 Å². The van der Waals surface area contributed by atoms with Gasteiger partial charge in [0.25, 0.3) is 0 Å². The summed E-state index contributed by atoms with van der Waals surface area (Å²) in [5, 5.41) is 9.32. The minimum absolute atomic E-state index is 0.200. The zero-order valence-electron chi connectivity index (χ0n) is 9.17. The average Bonchev–Trinajstić information content (AvgIpc) is 2.07. The normalized spacial score (nSPS) is 11.5. The Balaban J connectivity index is 3.08. The van der Waals surface area contributed by atoms with Crippen LogP contribution in [0.25, 0.3) is 0 Å². The first-order chi connectivity index (χ1) is 6.83. The Labute approximate surface area is 88.7 Å². The van der Waals surface area contributed by atoms with E-state index >= 15 is 0 Å². The lowest BCUT2D eigenvalue weighted by atomic mass is 9.95. The van der Waals surface area contributed by atoms with Crippen molar-refractivity contribution < 1.29 is 14.2 Å². The molecular weight excluding hydrogens is 197 g/mol. The summed E-state index contributed by atoms with van der Waals surface area (Å²) in [5.41, 5.74) is 5.74. The third-order valence-electron chi connectivity index (χ3n) is 1.99. The molecule has 1 aromatic carbocycles. The van der Waals surface area contributed by atoms with E-state index in [1.807, 2.05) is 13.8 Å². The molecule has 0 atom stereocenters. The Hall–Kier alpha value is -1.29. The zero-order valence-corrected chi connectivity index (χ0v) is 9.17. The number of phenolic OH excluding ortho intramolecular Hbond substituents is 1. The van der Waals surface area contributed by atoms with E-state index in [2.05, 4.69) is 0 Å². The van der Waals surface area contributed by atoms with Crippen LogP contribution in [-0.2, 0) is 6.42 Å². The van der Waals surface area contributed by atoms with Gasteiger partial charge in [-0.3, -0.25) is 0 Å². The van der Waals surface area contributed by atoms with Gasteiger partial charge in [0.05, 0.1) is 7.11 Å². The highest BCUT2D eigenvalue weighted by Gasteiger charge is 2.17. The predicted molar refractivity (Wildman–Crippen MR) is 56.6 cm³/mol. The minimum Gasteiger partial charge on any atom is -0.504 e. The minimum atomic E-state index is -0.497. The summed E-state index contributed by atoms with van der Waals surface area (Å²) in [4.78, 5) is 0. The number of rotatable bonds is 3. The molecule has 0 aliphatic heterocycles. The van der Waals surface area contributed by atoms with Crippen molar-refractivity contribution in [1.29, 1.82) is 0 Å². The van der Waals surface area contributed by atoms with Crippen LogP contribution >= 0.6 is 0 Å². The molecule has 4 heteroatoms. The van der Waals surface area contributed by atoms with Crippen LogP contribution in [0.1, 0.15) is 19.4 Å². The summed E-state index contributed by atoms with van der Waals surface area (Å²) in [6.45, 7) is 3.62. The number of hydrogen-bond acceptors (Lipinski definition) is 3. The van der Waals surface area contributed by atoms with Crippen LogP contribution < -0.4 is 10.5 Å². The fourth-order valence-corrected chi connectivity index (χ4v) is 1.37. The number of benzene rings is 1. The van der Waals surface area contributed by atoms with Crippen molar-refractivity contribution in [2.24, 2.45) is 5.73 Å². The number of halogens is 1. The van der Waals surface area contributed by atoms with Gasteiger partial charge in [0, 0.05) is 11.6 Å². The smallest absolute Gasteiger partial charge is 0.160 e. The summed E-state index contributed by atoms with van der Waals surface area (Å²) in [6, 6.07) is 2.51. The van der Waals surface area contributed by atoms with Crippen LogP contribution in [0.2, 0.25) is 0 Å². The van der Waals surface area contributed by atoms with Crippen molar-refractivity contribution in [3.8, 4) is 11.5 Å². The number of phenols is 1. The Morgan fingerprint density at radius 2 is 2.07 bits per heavy atom. The molecular formula is C11H16FNO2. The van der Waals surface area contributed by atoms with Crippen LogP contribution in [0.3, 0.4) is 0 Å². The van der Waals surface area contributed by atoms with Gasteiger partial charge in [0.1, 0.15) is 5.82 Å². The molecule has 0 fully saturated rings. The van der Waals surface area contributed by atoms with E-state index in [0.29, 0.717) is 12.0 Å². The molecule has 84 valence electrons. The van der Waals surface area contributed by atoms with Gasteiger partial charge in [-0.2, -0.15) is 0 Å². The van der Waals surface area contributed by atoms with Gasteiger partial charge in [-0.25, -0.2) is 4.39 Å². The Morgan fingerprint density at radius 3 is 2.53 bits per heavy atom. The molecule has 15 heavy (non-hydrogen) atoms. The third-order valence-corrected chi connectivity index (χ3v) is 1.99. The maximum atomic E-state index is 13.4. The molecule has 1 rings (SSSR count). The van der Waals surface area contributed by atoms with Crippen LogP contribution in [0.5, 0.6) is 11.5 Å². The lowest BCUT2D eigenvalue weighted by Gasteiger charge is -2.19. The second-order valence-corrected chi connectivity index (χ2v) is 4.28. The molecule has 0 bridgehead atoms. The van der Waals surface area contributed by atoms with Crippen molar-refractivity contribution in [3.63, 3.8) is 0 Å². The van der Waals surface area contributed by atoms with Gasteiger partial charge in [0.2, 0.25) is 0 Å². The molecule has 0 saturated carbocycles. The second-order valence-electron chi connectivity index (χ2n) is 4.28. The number of methoxy groups -OCH3 is 1. The lowest BCUT2D eigenvalue weighted by Crippen LogP contribution is -2.34. The summed E-state index contributed by atoms with van der Waals surface area (Å²) < 4.78 is 18.3. The summed E-state index contributed by atoms with van der Waals surface area (Å²) in [7, 11) is 1.42. The van der Waals surface area contributed by atoms with Crippen molar-refractivity contribution in [2.45, 2.75) is 25.8 Å². The maximum Gasteiger partial charge on any atom is 0.160 e. The first kappa shape index (κ1) is 11.8. The summed E-state index contributed by atoms with van der Waals surface area (Å²) in [6.07, 6.45) is 0.384. The van der Waals surface area contributed by atoms with Gasteiger partial charge >= 0.3 is 0 Å². The summed E-state index contributed by atoms with van der Waals surface area (Å²) >= 11 is 0. The van der Waals surface area contributed by atoms with E-state index in [1.165, 1.54) is 13.2 Å². The van der Waals surface area contributed by atoms with E-state index in [0.717, 1.165) is 6.07 Å². The molecule has 0 radical (unpaired) electrons. The quantitative estimate of drug-likeness (QED) is 0.805. The standard InChI is InChI=1S/C11H16FNO2/c1-11(2,13)6-7-4-10(15-3)9(14)5-8(7)12/h4-5,14H,6,13H2,1-3H3. The van der Waals surface area contributed by atoms with Crippen molar-refractivity contribution in [3.05, 3.63) is 23.5 Å². The number of nitrogens with two attached hydrogens (primary N) is 1. The summed E-state index contributed by atoms with van der Waals surface area (Å²) in [5.74, 6) is -0.406. The Morgan fingerprint density at radius 1 is 1.47 bits per heavy atom. The molecule has 3 nitrogen and oxygen atoms in total. The highest BCUT2D eigenvalue weighted by molar-refractivity contribution is 5.43. The fourth-order valence-electron chi connectivity index (χ4n) is 1.37. The van der Waals surface area contributed by atoms with Gasteiger partial charge in [0.15, 0.2) is 11.5 Å². The van der Waals surface area contributed by atoms with Gasteiger partial charge in [-0.1, -0.05) is 0 Å². The first-order valence-electron chi connectivity index (χ1n) is 4.68. The van der Waals surface area contributed by atoms with Crippen molar-refractivity contribution in [1.82, 2.24) is 0 Å². The largest absolute Gasteiger partial charge is 0.504 e. The first-order valence-corrected chi connectivity index (χ1v) is 4.68. The monoisotopic (exact) mass is 213 g/mol. The molecule has 0 unspecified atom stereocenters. The van der Waals surface area contributed by atoms with Crippen LogP contribution in [0.15, 0.2) is 12.1 Å².